The van der Waals surface area contributed by atoms with Crippen LogP contribution < -0.4 is 0 Å². The second-order valence-corrected chi connectivity index (χ2v) is 12.1. The van der Waals surface area contributed by atoms with E-state index in [1.165, 1.54) is 101 Å². The smallest absolute Gasteiger partial charge is 0.224 e. The highest BCUT2D eigenvalue weighted by molar-refractivity contribution is 6.17. The van der Waals surface area contributed by atoms with Crippen LogP contribution in [0.4, 0.5) is 0 Å². The van der Waals surface area contributed by atoms with Crippen LogP contribution in [0.15, 0.2) is 66.3 Å². The number of unbranched alkanes of at least 4 members (excludes halogenated alkanes) is 13. The third-order valence-electron chi connectivity index (χ3n) is 8.48. The highest BCUT2D eigenvalue weighted by atomic mass is 15.3. The number of aryl methyl sites for hydroxylation is 2. The summed E-state index contributed by atoms with van der Waals surface area (Å²) in [6, 6.07) is 17.7. The fraction of sp³-hybridized carbons (Fsp3) is 0.525. The number of nitrogens with zero attached hydrogens (tertiary/aromatic N) is 1. The Kier molecular flexibility index (Phi) is 15.3. The zero-order valence-corrected chi connectivity index (χ0v) is 27.0. The fourth-order valence-corrected chi connectivity index (χ4v) is 5.82. The van der Waals surface area contributed by atoms with Crippen LogP contribution in [0.1, 0.15) is 146 Å². The topological polar surface area (TPSA) is 26.8 Å². The van der Waals surface area contributed by atoms with E-state index in [4.69, 9.17) is 0 Å². The highest BCUT2D eigenvalue weighted by Crippen LogP contribution is 2.34. The Hall–Kier alpha value is -3.05. The van der Waals surface area contributed by atoms with Crippen molar-refractivity contribution in [2.45, 2.75) is 136 Å². The second-order valence-electron chi connectivity index (χ2n) is 12.1. The molecule has 1 heterocycles. The lowest BCUT2D eigenvalue weighted by Gasteiger charge is -2.09. The molecule has 0 spiro atoms. The minimum absolute atomic E-state index is 0.852. The summed E-state index contributed by atoms with van der Waals surface area (Å²) in [7, 11) is 0. The summed E-state index contributed by atoms with van der Waals surface area (Å²) in [4.78, 5) is 0. The van der Waals surface area contributed by atoms with Gasteiger partial charge in [0.2, 0.25) is 11.4 Å². The van der Waals surface area contributed by atoms with Crippen LogP contribution in [-0.2, 0) is 12.8 Å². The summed E-state index contributed by atoms with van der Waals surface area (Å²) in [6.45, 7) is 11.2. The minimum Gasteiger partial charge on any atom is -0.448 e. The molecule has 2 heteroatoms. The first-order valence-electron chi connectivity index (χ1n) is 17.1. The zero-order chi connectivity index (χ0) is 30.0. The zero-order valence-electron chi connectivity index (χ0n) is 27.0. The monoisotopic (exact) mass is 564 g/mol. The van der Waals surface area contributed by atoms with Gasteiger partial charge in [-0.3, -0.25) is 0 Å². The lowest BCUT2D eigenvalue weighted by molar-refractivity contribution is -0.347. The Morgan fingerprint density at radius 1 is 0.595 bits per heavy atom. The van der Waals surface area contributed by atoms with Gasteiger partial charge in [-0.2, -0.15) is 0 Å². The third kappa shape index (κ3) is 10.3. The van der Waals surface area contributed by atoms with E-state index >= 15 is 0 Å². The van der Waals surface area contributed by atoms with Crippen LogP contribution in [0.3, 0.4) is 0 Å². The van der Waals surface area contributed by atoms with E-state index in [0.29, 0.717) is 0 Å². The number of nitrogens with one attached hydrogen (secondary N) is 1. The first-order valence-corrected chi connectivity index (χ1v) is 17.1. The maximum absolute atomic E-state index is 9.23. The molecule has 42 heavy (non-hydrogen) atoms. The summed E-state index contributed by atoms with van der Waals surface area (Å²) in [6.07, 6.45) is 22.4. The van der Waals surface area contributed by atoms with Gasteiger partial charge in [-0.1, -0.05) is 141 Å². The van der Waals surface area contributed by atoms with Gasteiger partial charge >= 0.3 is 0 Å². The molecule has 0 saturated carbocycles. The Bertz CT molecular complexity index is 1220. The molecular weight excluding hydrogens is 508 g/mol. The Morgan fingerprint density at radius 2 is 1.05 bits per heavy atom. The maximum Gasteiger partial charge on any atom is 0.224 e. The van der Waals surface area contributed by atoms with Gasteiger partial charge in [-0.05, 0) is 67.5 Å². The van der Waals surface area contributed by atoms with E-state index in [1.807, 2.05) is 0 Å². The van der Waals surface area contributed by atoms with Crippen LogP contribution in [0.2, 0.25) is 0 Å². The van der Waals surface area contributed by atoms with Crippen LogP contribution in [0.5, 0.6) is 0 Å². The van der Waals surface area contributed by atoms with Crippen molar-refractivity contribution in [3.8, 4) is 11.8 Å². The SMILES string of the molecule is C=C1C(C#CCCCCC)=C(c2ccc(CCCCCCCC)cc2)[N+]([NH-])=C1c1ccc(CCCCCCCC)cc1. The number of rotatable bonds is 19. The Morgan fingerprint density at radius 3 is 1.57 bits per heavy atom. The van der Waals surface area contributed by atoms with Crippen molar-refractivity contribution in [3.63, 3.8) is 0 Å². The summed E-state index contributed by atoms with van der Waals surface area (Å²) in [5, 5.41) is 0. The van der Waals surface area contributed by atoms with E-state index in [0.717, 1.165) is 59.4 Å². The van der Waals surface area contributed by atoms with Gasteiger partial charge in [-0.15, -0.1) is 0 Å². The number of hydrogen-bond donors (Lipinski definition) is 0. The van der Waals surface area contributed by atoms with Crippen molar-refractivity contribution in [1.29, 1.82) is 0 Å². The average Bonchev–Trinajstić information content (AvgIpc) is 3.25. The maximum atomic E-state index is 9.23. The van der Waals surface area contributed by atoms with Gasteiger partial charge in [0, 0.05) is 17.5 Å². The average molecular weight is 565 g/mol. The molecule has 0 unspecified atom stereocenters. The molecule has 226 valence electrons. The predicted molar refractivity (Wildman–Crippen MR) is 184 cm³/mol. The van der Waals surface area contributed by atoms with E-state index in [-0.39, 0.29) is 0 Å². The number of hydrogen-bond acceptors (Lipinski definition) is 0. The standard InChI is InChI=1S/C40H56N2/c1-5-8-11-14-17-19-22-34-25-29-36(30-26-34)39-33(4)38(24-21-16-13-10-7-3)40(42(39)41)37-31-27-35(28-32-37)23-20-18-15-12-9-6-2/h25-32,41H,4-20,22-23H2,1-3H3. The van der Waals surface area contributed by atoms with Gasteiger partial charge < -0.3 is 5.84 Å². The third-order valence-corrected chi connectivity index (χ3v) is 8.48. The number of benzene rings is 2. The molecule has 2 aromatic carbocycles. The minimum atomic E-state index is 0.852. The molecule has 1 aliphatic rings. The summed E-state index contributed by atoms with van der Waals surface area (Å²) >= 11 is 0. The molecule has 1 N–H and O–H groups in total. The summed E-state index contributed by atoms with van der Waals surface area (Å²) in [5.74, 6) is 16.1. The molecule has 2 aromatic rings. The van der Waals surface area contributed by atoms with Crippen molar-refractivity contribution in [2.75, 3.05) is 0 Å². The second kappa shape index (κ2) is 19.2. The molecule has 0 atom stereocenters. The molecule has 0 amide bonds. The number of allylic oxidation sites excluding steroid dienone is 2. The Balaban J connectivity index is 1.76. The van der Waals surface area contributed by atoms with Crippen molar-refractivity contribution in [3.05, 3.63) is 94.4 Å². The van der Waals surface area contributed by atoms with E-state index < -0.39 is 0 Å². The molecule has 0 aromatic heterocycles. The largest absolute Gasteiger partial charge is 0.448 e. The van der Waals surface area contributed by atoms with Crippen LogP contribution in [0, 0.1) is 11.8 Å². The lowest BCUT2D eigenvalue weighted by atomic mass is 9.96. The van der Waals surface area contributed by atoms with Gasteiger partial charge in [0.05, 0.1) is 5.57 Å². The Labute approximate surface area is 258 Å². The van der Waals surface area contributed by atoms with Crippen LogP contribution in [-0.4, -0.2) is 10.4 Å². The van der Waals surface area contributed by atoms with Crippen molar-refractivity contribution in [2.24, 2.45) is 0 Å². The molecule has 0 radical (unpaired) electrons. The molecule has 0 bridgehead atoms. The molecule has 1 aliphatic heterocycles. The van der Waals surface area contributed by atoms with Gasteiger partial charge in [0.25, 0.3) is 0 Å². The van der Waals surface area contributed by atoms with Crippen molar-refractivity contribution >= 4 is 11.4 Å². The molecule has 0 aliphatic carbocycles. The molecule has 0 saturated heterocycles. The van der Waals surface area contributed by atoms with Gasteiger partial charge in [0.15, 0.2) is 0 Å². The van der Waals surface area contributed by atoms with Gasteiger partial charge in [0.1, 0.15) is 5.57 Å². The quantitative estimate of drug-likeness (QED) is 0.0921. The summed E-state index contributed by atoms with van der Waals surface area (Å²) < 4.78 is 1.59. The first-order chi connectivity index (χ1) is 20.6. The fourth-order valence-electron chi connectivity index (χ4n) is 5.82. The van der Waals surface area contributed by atoms with E-state index in [2.05, 4.69) is 87.7 Å². The van der Waals surface area contributed by atoms with E-state index in [1.54, 1.807) is 4.68 Å². The lowest BCUT2D eigenvalue weighted by Crippen LogP contribution is -2.11. The van der Waals surface area contributed by atoms with Crippen LogP contribution >= 0.6 is 0 Å². The van der Waals surface area contributed by atoms with Crippen molar-refractivity contribution < 1.29 is 4.68 Å². The molecule has 3 rings (SSSR count). The molecule has 2 nitrogen and oxygen atoms in total. The molecular formula is C40H56N2. The van der Waals surface area contributed by atoms with Crippen molar-refractivity contribution in [1.82, 2.24) is 0 Å². The highest BCUT2D eigenvalue weighted by Gasteiger charge is 2.33. The van der Waals surface area contributed by atoms with Gasteiger partial charge in [-0.25, -0.2) is 4.68 Å². The van der Waals surface area contributed by atoms with E-state index in [9.17, 15) is 5.84 Å². The summed E-state index contributed by atoms with van der Waals surface area (Å²) in [5.41, 5.74) is 8.32. The van der Waals surface area contributed by atoms with Crippen LogP contribution in [0.25, 0.3) is 11.5 Å². The first kappa shape index (κ1) is 33.5. The normalized spacial score (nSPS) is 13.2. The predicted octanol–water partition coefficient (Wildman–Crippen LogP) is 11.8. The molecule has 0 fully saturated rings.